The van der Waals surface area contributed by atoms with Gasteiger partial charge in [-0.05, 0) is 84.4 Å². The first-order valence-electron chi connectivity index (χ1n) is 14.9. The van der Waals surface area contributed by atoms with Gasteiger partial charge in [-0.15, -0.1) is 0 Å². The average Bonchev–Trinajstić information content (AvgIpc) is 3.11. The first-order chi connectivity index (χ1) is 17.4. The first kappa shape index (κ1) is 31.4. The molecule has 3 nitrogen and oxygen atoms in total. The second-order valence-electron chi connectivity index (χ2n) is 15.1. The summed E-state index contributed by atoms with van der Waals surface area (Å²) in [4.78, 5) is 0. The highest BCUT2D eigenvalue weighted by Crippen LogP contribution is 2.44. The van der Waals surface area contributed by atoms with Crippen LogP contribution in [0, 0.1) is 23.7 Å². The summed E-state index contributed by atoms with van der Waals surface area (Å²) in [6, 6.07) is 8.80. The second-order valence-corrected chi connectivity index (χ2v) is 24.8. The van der Waals surface area contributed by atoms with Crippen LogP contribution < -0.4 is 0 Å². The topological polar surface area (TPSA) is 23.4 Å². The molecule has 0 bridgehead atoms. The van der Waals surface area contributed by atoms with Gasteiger partial charge in [0.2, 0.25) is 0 Å². The number of aryl methyl sites for hydroxylation is 2. The lowest BCUT2D eigenvalue weighted by atomic mass is 9.68. The van der Waals surface area contributed by atoms with Crippen LogP contribution in [0.1, 0.15) is 67.4 Å². The van der Waals surface area contributed by atoms with E-state index in [0.29, 0.717) is 23.7 Å². The number of fused-ring (bicyclic) bond motifs is 1. The minimum absolute atomic E-state index is 0.219. The predicted octanol–water partition coefficient (Wildman–Crippen LogP) is 9.60. The molecule has 1 aromatic carbocycles. The van der Waals surface area contributed by atoms with E-state index in [-0.39, 0.29) is 10.1 Å². The van der Waals surface area contributed by atoms with E-state index in [1.165, 1.54) is 16.5 Å². The highest BCUT2D eigenvalue weighted by molar-refractivity contribution is 6.74. The van der Waals surface area contributed by atoms with Crippen molar-refractivity contribution in [3.8, 4) is 0 Å². The summed E-state index contributed by atoms with van der Waals surface area (Å²) in [7, 11) is -1.49. The maximum Gasteiger partial charge on any atom is 0.191 e. The van der Waals surface area contributed by atoms with E-state index in [9.17, 15) is 0 Å². The summed E-state index contributed by atoms with van der Waals surface area (Å²) < 4.78 is 16.1. The van der Waals surface area contributed by atoms with Gasteiger partial charge >= 0.3 is 0 Å². The maximum atomic E-state index is 6.92. The Bertz CT molecular complexity index is 1120. The average molecular weight is 556 g/mol. The van der Waals surface area contributed by atoms with Gasteiger partial charge in [-0.2, -0.15) is 0 Å². The van der Waals surface area contributed by atoms with E-state index in [1.54, 1.807) is 5.57 Å². The van der Waals surface area contributed by atoms with E-state index >= 15 is 0 Å². The lowest BCUT2D eigenvalue weighted by Gasteiger charge is -2.45. The van der Waals surface area contributed by atoms with Crippen molar-refractivity contribution in [1.29, 1.82) is 0 Å². The molecule has 0 spiro atoms. The number of allylic oxidation sites excluding steroid dienone is 2. The van der Waals surface area contributed by atoms with Crippen LogP contribution in [0.5, 0.6) is 0 Å². The standard InChI is InChI=1S/C33H57NO2Si2/c1-24-20-26(18-19-27-21-34(9)31-17-15-14-16-28(27)31)25(2)30(23-36-38(12,13)33(6,7)8)29(24)22-35-37(10,11)32(3,4)5/h14-17,20-21,24-25,29-30H,18-19,22-23H2,1-13H3/t24-,25+,29-,30+/m1/s1. The van der Waals surface area contributed by atoms with Crippen molar-refractivity contribution in [1.82, 2.24) is 4.57 Å². The van der Waals surface area contributed by atoms with Crippen LogP contribution in [0.2, 0.25) is 36.3 Å². The van der Waals surface area contributed by atoms with Crippen LogP contribution in [0.3, 0.4) is 0 Å². The van der Waals surface area contributed by atoms with E-state index in [4.69, 9.17) is 8.85 Å². The molecule has 0 saturated heterocycles. The zero-order valence-electron chi connectivity index (χ0n) is 26.9. The molecule has 2 aromatic rings. The van der Waals surface area contributed by atoms with E-state index in [2.05, 4.69) is 130 Å². The maximum absolute atomic E-state index is 6.92. The SMILES string of the molecule is C[C@@H]1C=C(CCc2cn(C)c3ccccc23)[C@H](C)[C@H](CO[Si](C)(C)C(C)(C)C)[C@@H]1CO[Si](C)(C)C(C)(C)C. The zero-order valence-corrected chi connectivity index (χ0v) is 28.9. The van der Waals surface area contributed by atoms with E-state index < -0.39 is 16.6 Å². The zero-order chi connectivity index (χ0) is 28.7. The van der Waals surface area contributed by atoms with E-state index in [1.807, 2.05) is 0 Å². The molecular formula is C33H57NO2Si2. The normalized spacial score (nSPS) is 23.7. The Balaban J connectivity index is 1.84. The molecule has 0 saturated carbocycles. The van der Waals surface area contributed by atoms with Gasteiger partial charge in [0.1, 0.15) is 0 Å². The van der Waals surface area contributed by atoms with Gasteiger partial charge < -0.3 is 13.4 Å². The Kier molecular flexibility index (Phi) is 9.40. The van der Waals surface area contributed by atoms with Gasteiger partial charge in [0, 0.05) is 37.4 Å². The summed E-state index contributed by atoms with van der Waals surface area (Å²) in [5, 5.41) is 1.84. The largest absolute Gasteiger partial charge is 0.417 e. The molecule has 4 atom stereocenters. The summed E-state index contributed by atoms with van der Waals surface area (Å²) in [6.45, 7) is 30.2. The van der Waals surface area contributed by atoms with Crippen molar-refractivity contribution in [3.05, 3.63) is 47.7 Å². The van der Waals surface area contributed by atoms with Gasteiger partial charge in [-0.3, -0.25) is 0 Å². The van der Waals surface area contributed by atoms with Crippen LogP contribution in [-0.4, -0.2) is 34.4 Å². The Morgan fingerprint density at radius 3 is 1.87 bits per heavy atom. The predicted molar refractivity (Wildman–Crippen MR) is 171 cm³/mol. The number of rotatable bonds is 9. The van der Waals surface area contributed by atoms with Gasteiger partial charge in [0.25, 0.3) is 0 Å². The molecule has 0 amide bonds. The van der Waals surface area contributed by atoms with Crippen molar-refractivity contribution in [2.24, 2.45) is 30.7 Å². The van der Waals surface area contributed by atoms with Crippen LogP contribution in [0.25, 0.3) is 10.9 Å². The Morgan fingerprint density at radius 1 is 0.789 bits per heavy atom. The fourth-order valence-electron chi connectivity index (χ4n) is 5.45. The van der Waals surface area contributed by atoms with Crippen molar-refractivity contribution in [3.63, 3.8) is 0 Å². The molecular weight excluding hydrogens is 499 g/mol. The molecule has 214 valence electrons. The minimum Gasteiger partial charge on any atom is -0.417 e. The molecule has 0 unspecified atom stereocenters. The monoisotopic (exact) mass is 555 g/mol. The fourth-order valence-corrected chi connectivity index (χ4v) is 7.53. The van der Waals surface area contributed by atoms with Gasteiger partial charge in [0.05, 0.1) is 0 Å². The third kappa shape index (κ3) is 6.76. The summed E-state index contributed by atoms with van der Waals surface area (Å²) in [6.07, 6.45) is 7.13. The third-order valence-electron chi connectivity index (χ3n) is 10.5. The van der Waals surface area contributed by atoms with Gasteiger partial charge in [0.15, 0.2) is 16.6 Å². The lowest BCUT2D eigenvalue weighted by Crippen LogP contribution is -2.47. The summed E-state index contributed by atoms with van der Waals surface area (Å²) >= 11 is 0. The number of benzene rings is 1. The molecule has 0 radical (unpaired) electrons. The molecule has 0 N–H and O–H groups in total. The molecule has 38 heavy (non-hydrogen) atoms. The van der Waals surface area contributed by atoms with Gasteiger partial charge in [-0.25, -0.2) is 0 Å². The first-order valence-corrected chi connectivity index (χ1v) is 20.7. The second kappa shape index (κ2) is 11.4. The quantitative estimate of drug-likeness (QED) is 0.227. The lowest BCUT2D eigenvalue weighted by molar-refractivity contribution is 0.0710. The van der Waals surface area contributed by atoms with Crippen molar-refractivity contribution in [2.75, 3.05) is 13.2 Å². The number of hydrogen-bond donors (Lipinski definition) is 0. The fraction of sp³-hybridized carbons (Fsp3) is 0.697. The minimum atomic E-state index is -1.83. The number of para-hydroxylation sites is 1. The summed E-state index contributed by atoms with van der Waals surface area (Å²) in [5.74, 6) is 1.96. The highest BCUT2D eigenvalue weighted by atomic mass is 28.4. The van der Waals surface area contributed by atoms with Crippen molar-refractivity contribution in [2.45, 2.75) is 104 Å². The van der Waals surface area contributed by atoms with Gasteiger partial charge in [-0.1, -0.05) is 85.2 Å². The number of nitrogens with zero attached hydrogens (tertiary/aromatic N) is 1. The smallest absolute Gasteiger partial charge is 0.191 e. The Morgan fingerprint density at radius 2 is 1.32 bits per heavy atom. The van der Waals surface area contributed by atoms with Crippen LogP contribution >= 0.6 is 0 Å². The van der Waals surface area contributed by atoms with Crippen LogP contribution in [-0.2, 0) is 22.3 Å². The number of aromatic nitrogens is 1. The highest BCUT2D eigenvalue weighted by Gasteiger charge is 2.43. The molecule has 5 heteroatoms. The molecule has 3 rings (SSSR count). The number of hydrogen-bond acceptors (Lipinski definition) is 2. The molecule has 1 aliphatic rings. The van der Waals surface area contributed by atoms with E-state index in [0.717, 1.165) is 26.1 Å². The molecule has 0 fully saturated rings. The molecule has 1 aromatic heterocycles. The van der Waals surface area contributed by atoms with Crippen molar-refractivity contribution >= 4 is 27.5 Å². The molecule has 1 aliphatic carbocycles. The van der Waals surface area contributed by atoms with Crippen LogP contribution in [0.4, 0.5) is 0 Å². The molecule has 1 heterocycles. The summed E-state index contributed by atoms with van der Waals surface area (Å²) in [5.41, 5.74) is 4.39. The van der Waals surface area contributed by atoms with Crippen LogP contribution in [0.15, 0.2) is 42.1 Å². The Labute approximate surface area is 236 Å². The Hall–Kier alpha value is -1.15. The third-order valence-corrected chi connectivity index (χ3v) is 19.5. The van der Waals surface area contributed by atoms with Crippen molar-refractivity contribution < 1.29 is 8.85 Å². The molecule has 0 aliphatic heterocycles.